The van der Waals surface area contributed by atoms with Gasteiger partial charge in [-0.1, -0.05) is 35.5 Å². The van der Waals surface area contributed by atoms with Crippen molar-refractivity contribution in [1.29, 1.82) is 0 Å². The third-order valence-electron chi connectivity index (χ3n) is 4.52. The van der Waals surface area contributed by atoms with E-state index in [1.54, 1.807) is 12.7 Å². The van der Waals surface area contributed by atoms with Crippen LogP contribution in [0.5, 0.6) is 0 Å². The standard InChI is InChI=1S/C18H21N5O/c1-2-6-16(7-3-1)18-9-17(24-21-18)12-22-8-4-5-15(10-22)11-23-14-19-13-20-23/h1-3,6-7,9,13-15H,4-5,8,10-12H2/t15-/m1/s1. The van der Waals surface area contributed by atoms with Crippen molar-refractivity contribution in [3.8, 4) is 11.3 Å². The Labute approximate surface area is 141 Å². The average Bonchev–Trinajstić information content (AvgIpc) is 3.28. The van der Waals surface area contributed by atoms with E-state index in [0.717, 1.165) is 43.2 Å². The Morgan fingerprint density at radius 3 is 2.96 bits per heavy atom. The van der Waals surface area contributed by atoms with E-state index in [0.29, 0.717) is 5.92 Å². The van der Waals surface area contributed by atoms with Crippen molar-refractivity contribution < 1.29 is 4.52 Å². The smallest absolute Gasteiger partial charge is 0.151 e. The molecule has 1 aliphatic rings. The van der Waals surface area contributed by atoms with E-state index in [2.05, 4.69) is 38.3 Å². The molecule has 0 radical (unpaired) electrons. The number of aromatic nitrogens is 4. The molecule has 0 aliphatic carbocycles. The number of nitrogens with zero attached hydrogens (tertiary/aromatic N) is 5. The fourth-order valence-corrected chi connectivity index (χ4v) is 3.39. The van der Waals surface area contributed by atoms with Gasteiger partial charge in [-0.25, -0.2) is 4.98 Å². The van der Waals surface area contributed by atoms with Gasteiger partial charge in [0.25, 0.3) is 0 Å². The topological polar surface area (TPSA) is 60.0 Å². The summed E-state index contributed by atoms with van der Waals surface area (Å²) in [6.07, 6.45) is 5.84. The summed E-state index contributed by atoms with van der Waals surface area (Å²) in [6.45, 7) is 3.91. The van der Waals surface area contributed by atoms with Gasteiger partial charge in [0.1, 0.15) is 18.3 Å². The highest BCUT2D eigenvalue weighted by molar-refractivity contribution is 5.58. The molecule has 0 saturated carbocycles. The largest absolute Gasteiger partial charge is 0.359 e. The number of hydrogen-bond acceptors (Lipinski definition) is 5. The molecule has 1 saturated heterocycles. The number of likely N-dealkylation sites (tertiary alicyclic amines) is 1. The average molecular weight is 323 g/mol. The van der Waals surface area contributed by atoms with E-state index in [-0.39, 0.29) is 0 Å². The summed E-state index contributed by atoms with van der Waals surface area (Å²) in [5.74, 6) is 1.53. The third kappa shape index (κ3) is 3.54. The molecule has 0 spiro atoms. The quantitative estimate of drug-likeness (QED) is 0.722. The number of piperidine rings is 1. The second kappa shape index (κ2) is 6.97. The Morgan fingerprint density at radius 1 is 1.21 bits per heavy atom. The predicted octanol–water partition coefficient (Wildman–Crippen LogP) is 2.85. The zero-order valence-corrected chi connectivity index (χ0v) is 13.6. The van der Waals surface area contributed by atoms with E-state index in [1.807, 2.05) is 22.9 Å². The Morgan fingerprint density at radius 2 is 2.12 bits per heavy atom. The van der Waals surface area contributed by atoms with Crippen molar-refractivity contribution in [1.82, 2.24) is 24.8 Å². The second-order valence-corrected chi connectivity index (χ2v) is 6.41. The molecule has 4 rings (SSSR count). The zero-order chi connectivity index (χ0) is 16.2. The van der Waals surface area contributed by atoms with Crippen LogP contribution >= 0.6 is 0 Å². The lowest BCUT2D eigenvalue weighted by atomic mass is 9.98. The van der Waals surface area contributed by atoms with Gasteiger partial charge < -0.3 is 4.52 Å². The van der Waals surface area contributed by atoms with E-state index in [9.17, 15) is 0 Å². The third-order valence-corrected chi connectivity index (χ3v) is 4.52. The maximum Gasteiger partial charge on any atom is 0.151 e. The molecule has 24 heavy (non-hydrogen) atoms. The predicted molar refractivity (Wildman–Crippen MR) is 90.0 cm³/mol. The highest BCUT2D eigenvalue weighted by Crippen LogP contribution is 2.22. The van der Waals surface area contributed by atoms with Gasteiger partial charge >= 0.3 is 0 Å². The van der Waals surface area contributed by atoms with Gasteiger partial charge in [-0.2, -0.15) is 5.10 Å². The van der Waals surface area contributed by atoms with E-state index < -0.39 is 0 Å². The summed E-state index contributed by atoms with van der Waals surface area (Å²) in [5, 5.41) is 8.42. The second-order valence-electron chi connectivity index (χ2n) is 6.41. The summed E-state index contributed by atoms with van der Waals surface area (Å²) in [6, 6.07) is 12.2. The first-order valence-electron chi connectivity index (χ1n) is 8.42. The van der Waals surface area contributed by atoms with Crippen LogP contribution < -0.4 is 0 Å². The molecule has 0 bridgehead atoms. The maximum atomic E-state index is 5.54. The van der Waals surface area contributed by atoms with Crippen LogP contribution in [-0.2, 0) is 13.1 Å². The van der Waals surface area contributed by atoms with Gasteiger partial charge in [0.05, 0.1) is 6.54 Å². The summed E-state index contributed by atoms with van der Waals surface area (Å²) in [5.41, 5.74) is 2.00. The Balaban J connectivity index is 1.37. The minimum atomic E-state index is 0.608. The minimum Gasteiger partial charge on any atom is -0.359 e. The molecule has 2 aromatic heterocycles. The van der Waals surface area contributed by atoms with Crippen molar-refractivity contribution in [2.75, 3.05) is 13.1 Å². The molecule has 6 heteroatoms. The van der Waals surface area contributed by atoms with Gasteiger partial charge in [-0.3, -0.25) is 9.58 Å². The first-order valence-corrected chi connectivity index (χ1v) is 8.42. The molecule has 3 aromatic rings. The van der Waals surface area contributed by atoms with Gasteiger partial charge in [0, 0.05) is 24.7 Å². The molecular formula is C18H21N5O. The molecule has 0 N–H and O–H groups in total. The molecule has 124 valence electrons. The van der Waals surface area contributed by atoms with Crippen LogP contribution in [0.2, 0.25) is 0 Å². The van der Waals surface area contributed by atoms with Crippen molar-refractivity contribution in [2.45, 2.75) is 25.9 Å². The van der Waals surface area contributed by atoms with E-state index >= 15 is 0 Å². The molecule has 1 aromatic carbocycles. The lowest BCUT2D eigenvalue weighted by Gasteiger charge is -2.31. The first-order chi connectivity index (χ1) is 11.9. The Bertz CT molecular complexity index is 753. The molecule has 1 aliphatic heterocycles. The first kappa shape index (κ1) is 15.1. The molecule has 1 fully saturated rings. The van der Waals surface area contributed by atoms with E-state index in [4.69, 9.17) is 4.52 Å². The van der Waals surface area contributed by atoms with Crippen LogP contribution in [0.4, 0.5) is 0 Å². The van der Waals surface area contributed by atoms with Crippen LogP contribution in [0.25, 0.3) is 11.3 Å². The van der Waals surface area contributed by atoms with Crippen molar-refractivity contribution in [2.24, 2.45) is 5.92 Å². The van der Waals surface area contributed by atoms with Crippen LogP contribution in [0.15, 0.2) is 53.6 Å². The maximum absolute atomic E-state index is 5.54. The highest BCUT2D eigenvalue weighted by atomic mass is 16.5. The van der Waals surface area contributed by atoms with Crippen molar-refractivity contribution >= 4 is 0 Å². The monoisotopic (exact) mass is 323 g/mol. The lowest BCUT2D eigenvalue weighted by Crippen LogP contribution is -2.36. The summed E-state index contributed by atoms with van der Waals surface area (Å²) in [7, 11) is 0. The molecule has 0 amide bonds. The van der Waals surface area contributed by atoms with Gasteiger partial charge in [0.2, 0.25) is 0 Å². The molecular weight excluding hydrogens is 302 g/mol. The molecule has 1 atom stereocenters. The number of benzene rings is 1. The van der Waals surface area contributed by atoms with E-state index in [1.165, 1.54) is 12.8 Å². The van der Waals surface area contributed by atoms with Crippen molar-refractivity contribution in [3.63, 3.8) is 0 Å². The van der Waals surface area contributed by atoms with Crippen LogP contribution in [0.3, 0.4) is 0 Å². The molecule has 6 nitrogen and oxygen atoms in total. The summed E-state index contributed by atoms with van der Waals surface area (Å²) >= 11 is 0. The van der Waals surface area contributed by atoms with Gasteiger partial charge in [-0.15, -0.1) is 0 Å². The van der Waals surface area contributed by atoms with Crippen molar-refractivity contribution in [3.05, 3.63) is 54.8 Å². The van der Waals surface area contributed by atoms with Gasteiger partial charge in [0.15, 0.2) is 5.76 Å². The minimum absolute atomic E-state index is 0.608. The summed E-state index contributed by atoms with van der Waals surface area (Å²) in [4.78, 5) is 6.47. The Hall–Kier alpha value is -2.47. The SMILES string of the molecule is c1ccc(-c2cc(CN3CCC[C@@H](Cn4cncn4)C3)on2)cc1. The normalized spacial score (nSPS) is 18.8. The fourth-order valence-electron chi connectivity index (χ4n) is 3.39. The summed E-state index contributed by atoms with van der Waals surface area (Å²) < 4.78 is 7.47. The Kier molecular flexibility index (Phi) is 4.38. The van der Waals surface area contributed by atoms with Crippen LogP contribution in [-0.4, -0.2) is 37.9 Å². The van der Waals surface area contributed by atoms with Crippen LogP contribution in [0, 0.1) is 5.92 Å². The lowest BCUT2D eigenvalue weighted by molar-refractivity contribution is 0.140. The fraction of sp³-hybridized carbons (Fsp3) is 0.389. The van der Waals surface area contributed by atoms with Crippen LogP contribution in [0.1, 0.15) is 18.6 Å². The number of rotatable bonds is 5. The highest BCUT2D eigenvalue weighted by Gasteiger charge is 2.22. The zero-order valence-electron chi connectivity index (χ0n) is 13.6. The number of hydrogen-bond donors (Lipinski definition) is 0. The molecule has 0 unspecified atom stereocenters. The molecule has 3 heterocycles. The van der Waals surface area contributed by atoms with Gasteiger partial charge in [-0.05, 0) is 25.3 Å².